The fraction of sp³-hybridized carbons (Fsp3) is 0.800. The smallest absolute Gasteiger partial charge is 0.321 e. The first kappa shape index (κ1) is 12.9. The summed E-state index contributed by atoms with van der Waals surface area (Å²) in [5.74, 6) is -0.256. The Labute approximate surface area is 95.8 Å². The van der Waals surface area contributed by atoms with Crippen LogP contribution in [0.15, 0.2) is 0 Å². The highest BCUT2D eigenvalue weighted by Crippen LogP contribution is 2.07. The topological polar surface area (TPSA) is 73.5 Å². The quantitative estimate of drug-likeness (QED) is 0.574. The number of hydrogen-bond acceptors (Lipinski definition) is 4. The third-order valence-corrected chi connectivity index (χ3v) is 2.89. The molecule has 1 heterocycles. The van der Waals surface area contributed by atoms with E-state index in [1.165, 1.54) is 7.05 Å². The van der Waals surface area contributed by atoms with Crippen LogP contribution in [0, 0.1) is 0 Å². The summed E-state index contributed by atoms with van der Waals surface area (Å²) >= 11 is 0. The standard InChI is InChI=1S/C10H20N4O2/c1-7-6-12-4-5-14(7)8(2)9(15)13-10(16)11-3/h7-8,12H,4-6H2,1-3H3,(H2,11,13,15,16)/t7-,8?/m0/s1. The largest absolute Gasteiger partial charge is 0.341 e. The van der Waals surface area contributed by atoms with E-state index in [0.29, 0.717) is 6.04 Å². The highest BCUT2D eigenvalue weighted by molar-refractivity contribution is 5.96. The Bertz CT molecular complexity index is 270. The number of carbonyl (C=O) groups is 2. The van der Waals surface area contributed by atoms with Gasteiger partial charge in [0.05, 0.1) is 6.04 Å². The summed E-state index contributed by atoms with van der Waals surface area (Å²) in [6.07, 6.45) is 0. The predicted octanol–water partition coefficient (Wildman–Crippen LogP) is -0.876. The van der Waals surface area contributed by atoms with Crippen LogP contribution in [0.25, 0.3) is 0 Å². The monoisotopic (exact) mass is 228 g/mol. The number of imide groups is 1. The van der Waals surface area contributed by atoms with Crippen LogP contribution in [0.5, 0.6) is 0 Å². The van der Waals surface area contributed by atoms with Gasteiger partial charge >= 0.3 is 6.03 Å². The molecule has 1 saturated heterocycles. The molecule has 0 saturated carbocycles. The maximum absolute atomic E-state index is 11.7. The molecule has 2 atom stereocenters. The minimum atomic E-state index is -0.459. The van der Waals surface area contributed by atoms with Gasteiger partial charge in [0.2, 0.25) is 5.91 Å². The number of rotatable bonds is 2. The molecule has 92 valence electrons. The minimum Gasteiger partial charge on any atom is -0.341 e. The molecule has 1 rings (SSSR count). The Morgan fingerprint density at radius 2 is 2.19 bits per heavy atom. The molecule has 0 aromatic heterocycles. The van der Waals surface area contributed by atoms with Crippen molar-refractivity contribution >= 4 is 11.9 Å². The molecule has 3 amide bonds. The van der Waals surface area contributed by atoms with Gasteiger partial charge in [-0.2, -0.15) is 0 Å². The lowest BCUT2D eigenvalue weighted by Crippen LogP contribution is -2.58. The van der Waals surface area contributed by atoms with E-state index in [4.69, 9.17) is 0 Å². The Balaban J connectivity index is 2.51. The molecule has 1 fully saturated rings. The van der Waals surface area contributed by atoms with Gasteiger partial charge < -0.3 is 10.6 Å². The third kappa shape index (κ3) is 3.18. The van der Waals surface area contributed by atoms with E-state index in [1.54, 1.807) is 0 Å². The number of carbonyl (C=O) groups excluding carboxylic acids is 2. The first-order valence-corrected chi connectivity index (χ1v) is 5.55. The van der Waals surface area contributed by atoms with Crippen molar-refractivity contribution in [2.24, 2.45) is 0 Å². The van der Waals surface area contributed by atoms with Gasteiger partial charge in [-0.15, -0.1) is 0 Å². The van der Waals surface area contributed by atoms with Crippen molar-refractivity contribution in [3.8, 4) is 0 Å². The summed E-state index contributed by atoms with van der Waals surface area (Å²) in [5, 5.41) is 7.92. The van der Waals surface area contributed by atoms with E-state index < -0.39 is 6.03 Å². The molecule has 0 aromatic carbocycles. The van der Waals surface area contributed by atoms with Crippen molar-refractivity contribution < 1.29 is 9.59 Å². The number of hydrogen-bond donors (Lipinski definition) is 3. The molecule has 1 aliphatic rings. The zero-order chi connectivity index (χ0) is 12.1. The third-order valence-electron chi connectivity index (χ3n) is 2.89. The Morgan fingerprint density at radius 1 is 1.50 bits per heavy atom. The predicted molar refractivity (Wildman–Crippen MR) is 61.1 cm³/mol. The lowest BCUT2D eigenvalue weighted by molar-refractivity contribution is -0.125. The number of amides is 3. The number of nitrogens with one attached hydrogen (secondary N) is 3. The summed E-state index contributed by atoms with van der Waals surface area (Å²) < 4.78 is 0. The average Bonchev–Trinajstić information content (AvgIpc) is 2.28. The summed E-state index contributed by atoms with van der Waals surface area (Å²) in [6, 6.07) is -0.437. The molecular weight excluding hydrogens is 208 g/mol. The lowest BCUT2D eigenvalue weighted by Gasteiger charge is -2.37. The fourth-order valence-corrected chi connectivity index (χ4v) is 1.86. The fourth-order valence-electron chi connectivity index (χ4n) is 1.86. The number of nitrogens with zero attached hydrogens (tertiary/aromatic N) is 1. The maximum atomic E-state index is 11.7. The van der Waals surface area contributed by atoms with Crippen molar-refractivity contribution in [1.29, 1.82) is 0 Å². The number of urea groups is 1. The van der Waals surface area contributed by atoms with Gasteiger partial charge in [0.1, 0.15) is 0 Å². The second-order valence-corrected chi connectivity index (χ2v) is 4.04. The van der Waals surface area contributed by atoms with Gasteiger partial charge in [-0.1, -0.05) is 0 Å². The first-order chi connectivity index (χ1) is 7.56. The molecule has 16 heavy (non-hydrogen) atoms. The molecule has 1 unspecified atom stereocenters. The van der Waals surface area contributed by atoms with Crippen LogP contribution in [0.3, 0.4) is 0 Å². The van der Waals surface area contributed by atoms with Crippen LogP contribution in [-0.2, 0) is 4.79 Å². The molecule has 0 aromatic rings. The zero-order valence-electron chi connectivity index (χ0n) is 10.0. The second kappa shape index (κ2) is 5.81. The lowest BCUT2D eigenvalue weighted by atomic mass is 10.1. The molecule has 1 aliphatic heterocycles. The molecule has 0 aliphatic carbocycles. The molecule has 0 bridgehead atoms. The SMILES string of the molecule is CNC(=O)NC(=O)C(C)N1CCNC[C@@H]1C. The average molecular weight is 228 g/mol. The highest BCUT2D eigenvalue weighted by atomic mass is 16.2. The maximum Gasteiger partial charge on any atom is 0.321 e. The van der Waals surface area contributed by atoms with Crippen LogP contribution in [0.4, 0.5) is 4.79 Å². The summed E-state index contributed by atoms with van der Waals surface area (Å²) in [6.45, 7) is 6.46. The van der Waals surface area contributed by atoms with Gasteiger partial charge in [0.25, 0.3) is 0 Å². The van der Waals surface area contributed by atoms with Gasteiger partial charge in [0.15, 0.2) is 0 Å². The molecule has 6 heteroatoms. The van der Waals surface area contributed by atoms with Crippen molar-refractivity contribution in [3.05, 3.63) is 0 Å². The normalized spacial score (nSPS) is 23.6. The van der Waals surface area contributed by atoms with Crippen LogP contribution in [0.2, 0.25) is 0 Å². The van der Waals surface area contributed by atoms with Crippen molar-refractivity contribution in [2.45, 2.75) is 25.9 Å². The number of piperazine rings is 1. The van der Waals surface area contributed by atoms with Crippen LogP contribution in [0.1, 0.15) is 13.8 Å². The second-order valence-electron chi connectivity index (χ2n) is 4.04. The van der Waals surface area contributed by atoms with Crippen LogP contribution < -0.4 is 16.0 Å². The van der Waals surface area contributed by atoms with E-state index in [9.17, 15) is 9.59 Å². The van der Waals surface area contributed by atoms with Gasteiger partial charge in [-0.25, -0.2) is 4.79 Å². The molecule has 0 spiro atoms. The van der Waals surface area contributed by atoms with Crippen LogP contribution >= 0.6 is 0 Å². The Hall–Kier alpha value is -1.14. The summed E-state index contributed by atoms with van der Waals surface area (Å²) in [7, 11) is 1.49. The van der Waals surface area contributed by atoms with Gasteiger partial charge in [-0.05, 0) is 13.8 Å². The van der Waals surface area contributed by atoms with E-state index in [-0.39, 0.29) is 11.9 Å². The van der Waals surface area contributed by atoms with E-state index in [1.807, 2.05) is 6.92 Å². The molecule has 3 N–H and O–H groups in total. The van der Waals surface area contributed by atoms with Gasteiger partial charge in [0, 0.05) is 32.7 Å². The van der Waals surface area contributed by atoms with E-state index in [2.05, 4.69) is 27.8 Å². The van der Waals surface area contributed by atoms with Crippen LogP contribution in [-0.4, -0.2) is 55.6 Å². The Morgan fingerprint density at radius 3 is 2.75 bits per heavy atom. The Kier molecular flexibility index (Phi) is 4.70. The summed E-state index contributed by atoms with van der Waals surface area (Å²) in [5.41, 5.74) is 0. The van der Waals surface area contributed by atoms with Crippen molar-refractivity contribution in [3.63, 3.8) is 0 Å². The van der Waals surface area contributed by atoms with Crippen molar-refractivity contribution in [1.82, 2.24) is 20.9 Å². The van der Waals surface area contributed by atoms with Gasteiger partial charge in [-0.3, -0.25) is 15.0 Å². The first-order valence-electron chi connectivity index (χ1n) is 5.55. The van der Waals surface area contributed by atoms with E-state index >= 15 is 0 Å². The molecule has 6 nitrogen and oxygen atoms in total. The van der Waals surface area contributed by atoms with Crippen molar-refractivity contribution in [2.75, 3.05) is 26.7 Å². The zero-order valence-corrected chi connectivity index (χ0v) is 10.0. The summed E-state index contributed by atoms with van der Waals surface area (Å²) in [4.78, 5) is 24.8. The highest BCUT2D eigenvalue weighted by Gasteiger charge is 2.28. The molecule has 0 radical (unpaired) electrons. The minimum absolute atomic E-state index is 0.256. The van der Waals surface area contributed by atoms with E-state index in [0.717, 1.165) is 19.6 Å². The molecular formula is C10H20N4O2.